The number of nitrogens with two attached hydrogens (primary N) is 1. The van der Waals surface area contributed by atoms with Crippen molar-refractivity contribution in [3.63, 3.8) is 0 Å². The Balaban J connectivity index is 2.14. The van der Waals surface area contributed by atoms with Crippen LogP contribution in [0.25, 0.3) is 10.8 Å². The molecule has 0 fully saturated rings. The van der Waals surface area contributed by atoms with Crippen molar-refractivity contribution in [2.45, 2.75) is 13.0 Å². The molecule has 94 valence electrons. The van der Waals surface area contributed by atoms with Crippen LogP contribution in [0.3, 0.4) is 0 Å². The molecule has 2 N–H and O–H groups in total. The molecule has 3 aromatic rings. The van der Waals surface area contributed by atoms with Crippen LogP contribution in [0.15, 0.2) is 60.7 Å². The maximum absolute atomic E-state index is 6.39. The Kier molecular flexibility index (Phi) is 3.02. The second-order valence-electron chi connectivity index (χ2n) is 4.75. The summed E-state index contributed by atoms with van der Waals surface area (Å²) in [5.74, 6) is 0. The van der Waals surface area contributed by atoms with E-state index in [-0.39, 0.29) is 6.04 Å². The van der Waals surface area contributed by atoms with E-state index >= 15 is 0 Å². The Morgan fingerprint density at radius 2 is 1.63 bits per heavy atom. The van der Waals surface area contributed by atoms with E-state index in [1.54, 1.807) is 0 Å². The zero-order chi connectivity index (χ0) is 13.2. The largest absolute Gasteiger partial charge is 0.319 e. The van der Waals surface area contributed by atoms with Crippen LogP contribution < -0.4 is 5.73 Å². The van der Waals surface area contributed by atoms with Gasteiger partial charge in [0.25, 0.3) is 0 Å². The van der Waals surface area contributed by atoms with Crippen molar-refractivity contribution in [2.24, 2.45) is 5.73 Å². The molecule has 1 atom stereocenters. The molecule has 1 unspecified atom stereocenters. The first-order valence-corrected chi connectivity index (χ1v) is 6.42. The molecule has 1 heterocycles. The van der Waals surface area contributed by atoms with Crippen molar-refractivity contribution in [3.8, 4) is 0 Å². The highest BCUT2D eigenvalue weighted by molar-refractivity contribution is 5.86. The number of hydrogen-bond donors (Lipinski definition) is 1. The lowest BCUT2D eigenvalue weighted by Gasteiger charge is -2.14. The predicted octanol–water partition coefficient (Wildman–Crippen LogP) is 3.59. The Morgan fingerprint density at radius 3 is 2.47 bits per heavy atom. The van der Waals surface area contributed by atoms with Crippen LogP contribution in [0.1, 0.15) is 23.0 Å². The summed E-state index contributed by atoms with van der Waals surface area (Å²) >= 11 is 0. The van der Waals surface area contributed by atoms with Crippen molar-refractivity contribution < 1.29 is 0 Å². The summed E-state index contributed by atoms with van der Waals surface area (Å²) in [4.78, 5) is 4.53. The average Bonchev–Trinajstić information content (AvgIpc) is 2.46. The number of fused-ring (bicyclic) bond motifs is 1. The molecule has 0 saturated carbocycles. The smallest absolute Gasteiger partial charge is 0.0732 e. The zero-order valence-electron chi connectivity index (χ0n) is 10.9. The van der Waals surface area contributed by atoms with Gasteiger partial charge >= 0.3 is 0 Å². The summed E-state index contributed by atoms with van der Waals surface area (Å²) in [5, 5.41) is 2.41. The monoisotopic (exact) mass is 248 g/mol. The van der Waals surface area contributed by atoms with Crippen LogP contribution in [0.5, 0.6) is 0 Å². The van der Waals surface area contributed by atoms with Gasteiger partial charge in [-0.05, 0) is 35.4 Å². The van der Waals surface area contributed by atoms with Crippen molar-refractivity contribution in [3.05, 3.63) is 77.6 Å². The molecule has 2 nitrogen and oxygen atoms in total. The lowest BCUT2D eigenvalue weighted by atomic mass is 9.97. The SMILES string of the molecule is Cc1cccc(C(N)c2cccc3ccccc23)n1. The molecule has 1 aromatic heterocycles. The molecular formula is C17H16N2. The van der Waals surface area contributed by atoms with Gasteiger partial charge in [-0.3, -0.25) is 4.98 Å². The standard InChI is InChI=1S/C17H16N2/c1-12-6-4-11-16(19-12)17(18)15-10-5-8-13-7-2-3-9-14(13)15/h2-11,17H,18H2,1H3. The number of aromatic nitrogens is 1. The highest BCUT2D eigenvalue weighted by Crippen LogP contribution is 2.26. The molecule has 0 amide bonds. The van der Waals surface area contributed by atoms with Gasteiger partial charge < -0.3 is 5.73 Å². The lowest BCUT2D eigenvalue weighted by Crippen LogP contribution is -2.14. The van der Waals surface area contributed by atoms with Crippen LogP contribution >= 0.6 is 0 Å². The maximum Gasteiger partial charge on any atom is 0.0732 e. The molecule has 0 radical (unpaired) electrons. The Labute approximate surface area is 112 Å². The number of hydrogen-bond acceptors (Lipinski definition) is 2. The molecule has 0 aliphatic rings. The van der Waals surface area contributed by atoms with Crippen molar-refractivity contribution >= 4 is 10.8 Å². The summed E-state index contributed by atoms with van der Waals surface area (Å²) in [6, 6.07) is 20.3. The second kappa shape index (κ2) is 4.82. The summed E-state index contributed by atoms with van der Waals surface area (Å²) in [5.41, 5.74) is 9.42. The third-order valence-electron chi connectivity index (χ3n) is 3.39. The quantitative estimate of drug-likeness (QED) is 0.752. The molecule has 2 heteroatoms. The van der Waals surface area contributed by atoms with Gasteiger partial charge in [-0.1, -0.05) is 48.5 Å². The summed E-state index contributed by atoms with van der Waals surface area (Å²) in [7, 11) is 0. The van der Waals surface area contributed by atoms with Crippen molar-refractivity contribution in [1.82, 2.24) is 4.98 Å². The highest BCUT2D eigenvalue weighted by atomic mass is 14.8. The first kappa shape index (κ1) is 11.9. The third kappa shape index (κ3) is 2.23. The molecule has 19 heavy (non-hydrogen) atoms. The van der Waals surface area contributed by atoms with Gasteiger partial charge in [0, 0.05) is 5.69 Å². The molecule has 2 aromatic carbocycles. The molecule has 0 saturated heterocycles. The number of nitrogens with zero attached hydrogens (tertiary/aromatic N) is 1. The fraction of sp³-hybridized carbons (Fsp3) is 0.118. The van der Waals surface area contributed by atoms with E-state index in [4.69, 9.17) is 5.73 Å². The van der Waals surface area contributed by atoms with Gasteiger partial charge in [0.2, 0.25) is 0 Å². The summed E-state index contributed by atoms with van der Waals surface area (Å²) in [6.45, 7) is 1.99. The topological polar surface area (TPSA) is 38.9 Å². The average molecular weight is 248 g/mol. The van der Waals surface area contributed by atoms with Gasteiger partial charge in [-0.15, -0.1) is 0 Å². The van der Waals surface area contributed by atoms with Gasteiger partial charge in [-0.2, -0.15) is 0 Å². The number of pyridine rings is 1. The van der Waals surface area contributed by atoms with Crippen LogP contribution in [0.2, 0.25) is 0 Å². The first-order valence-electron chi connectivity index (χ1n) is 6.42. The Hall–Kier alpha value is -2.19. The fourth-order valence-corrected chi connectivity index (χ4v) is 2.42. The number of benzene rings is 2. The third-order valence-corrected chi connectivity index (χ3v) is 3.39. The van der Waals surface area contributed by atoms with E-state index in [2.05, 4.69) is 29.2 Å². The second-order valence-corrected chi connectivity index (χ2v) is 4.75. The maximum atomic E-state index is 6.39. The number of aryl methyl sites for hydroxylation is 1. The van der Waals surface area contributed by atoms with Crippen LogP contribution in [0, 0.1) is 6.92 Å². The van der Waals surface area contributed by atoms with Crippen molar-refractivity contribution in [2.75, 3.05) is 0 Å². The van der Waals surface area contributed by atoms with Gasteiger partial charge in [0.15, 0.2) is 0 Å². The fourth-order valence-electron chi connectivity index (χ4n) is 2.42. The van der Waals surface area contributed by atoms with Crippen molar-refractivity contribution in [1.29, 1.82) is 0 Å². The molecular weight excluding hydrogens is 232 g/mol. The zero-order valence-corrected chi connectivity index (χ0v) is 10.9. The molecule has 3 rings (SSSR count). The van der Waals surface area contributed by atoms with Crippen LogP contribution in [-0.2, 0) is 0 Å². The molecule has 0 spiro atoms. The summed E-state index contributed by atoms with van der Waals surface area (Å²) in [6.07, 6.45) is 0. The highest BCUT2D eigenvalue weighted by Gasteiger charge is 2.12. The van der Waals surface area contributed by atoms with E-state index in [9.17, 15) is 0 Å². The molecule has 0 aliphatic carbocycles. The minimum Gasteiger partial charge on any atom is -0.319 e. The first-order chi connectivity index (χ1) is 9.25. The van der Waals surface area contributed by atoms with Gasteiger partial charge in [-0.25, -0.2) is 0 Å². The van der Waals surface area contributed by atoms with E-state index in [1.165, 1.54) is 10.8 Å². The van der Waals surface area contributed by atoms with Gasteiger partial charge in [0.05, 0.1) is 11.7 Å². The minimum absolute atomic E-state index is 0.189. The lowest BCUT2D eigenvalue weighted by molar-refractivity contribution is 0.829. The van der Waals surface area contributed by atoms with Gasteiger partial charge in [0.1, 0.15) is 0 Å². The predicted molar refractivity (Wildman–Crippen MR) is 79.0 cm³/mol. The summed E-state index contributed by atoms with van der Waals surface area (Å²) < 4.78 is 0. The van der Waals surface area contributed by atoms with E-state index < -0.39 is 0 Å². The normalized spacial score (nSPS) is 12.5. The Morgan fingerprint density at radius 1 is 0.895 bits per heavy atom. The van der Waals surface area contributed by atoms with E-state index in [1.807, 2.05) is 43.3 Å². The molecule has 0 aliphatic heterocycles. The van der Waals surface area contributed by atoms with E-state index in [0.29, 0.717) is 0 Å². The minimum atomic E-state index is -0.189. The molecule has 0 bridgehead atoms. The van der Waals surface area contributed by atoms with Crippen LogP contribution in [-0.4, -0.2) is 4.98 Å². The van der Waals surface area contributed by atoms with E-state index in [0.717, 1.165) is 17.0 Å². The Bertz CT molecular complexity index is 714. The number of rotatable bonds is 2. The van der Waals surface area contributed by atoms with Crippen LogP contribution in [0.4, 0.5) is 0 Å².